The van der Waals surface area contributed by atoms with Gasteiger partial charge < -0.3 is 10.6 Å². The molecule has 0 fully saturated rings. The Morgan fingerprint density at radius 3 is 2.62 bits per heavy atom. The van der Waals surface area contributed by atoms with Crippen molar-refractivity contribution in [2.75, 3.05) is 11.4 Å². The Balaban J connectivity index is 2.15. The van der Waals surface area contributed by atoms with Crippen LogP contribution in [0.15, 0.2) is 30.3 Å². The van der Waals surface area contributed by atoms with Gasteiger partial charge in [0.2, 0.25) is 0 Å². The van der Waals surface area contributed by atoms with Crippen LogP contribution in [0.2, 0.25) is 0 Å². The molecule has 0 radical (unpaired) electrons. The molecule has 0 saturated carbocycles. The van der Waals surface area contributed by atoms with Gasteiger partial charge >= 0.3 is 0 Å². The number of nitrogens with zero attached hydrogens (tertiary/aromatic N) is 1. The predicted octanol–water partition coefficient (Wildman–Crippen LogP) is 3.99. The van der Waals surface area contributed by atoms with E-state index in [0.29, 0.717) is 5.56 Å². The summed E-state index contributed by atoms with van der Waals surface area (Å²) in [7, 11) is 0. The Morgan fingerprint density at radius 1 is 1.14 bits per heavy atom. The molecule has 3 rings (SSSR count). The second-order valence-corrected chi connectivity index (χ2v) is 5.62. The fourth-order valence-electron chi connectivity index (χ4n) is 2.88. The molecule has 1 unspecified atom stereocenters. The van der Waals surface area contributed by atoms with Crippen molar-refractivity contribution >= 4 is 11.4 Å². The number of rotatable bonds is 2. The Kier molecular flexibility index (Phi) is 3.41. The van der Waals surface area contributed by atoms with Crippen molar-refractivity contribution in [2.45, 2.75) is 26.3 Å². The number of benzene rings is 2. The third-order valence-corrected chi connectivity index (χ3v) is 4.03. The molecule has 0 aliphatic carbocycles. The van der Waals surface area contributed by atoms with Crippen molar-refractivity contribution in [3.63, 3.8) is 0 Å². The molecule has 1 heterocycles. The maximum Gasteiger partial charge on any atom is 0.126 e. The number of hydrogen-bond donors (Lipinski definition) is 1. The van der Waals surface area contributed by atoms with Crippen molar-refractivity contribution in [2.24, 2.45) is 5.73 Å². The van der Waals surface area contributed by atoms with Gasteiger partial charge in [-0.2, -0.15) is 0 Å². The second-order valence-electron chi connectivity index (χ2n) is 5.62. The van der Waals surface area contributed by atoms with Gasteiger partial charge in [-0.05, 0) is 61.2 Å². The van der Waals surface area contributed by atoms with Crippen LogP contribution in [-0.2, 0) is 6.42 Å². The highest BCUT2D eigenvalue weighted by atomic mass is 19.1. The van der Waals surface area contributed by atoms with E-state index < -0.39 is 0 Å². The first-order valence-electron chi connectivity index (χ1n) is 7.09. The summed E-state index contributed by atoms with van der Waals surface area (Å²) >= 11 is 0. The molecule has 2 nitrogen and oxygen atoms in total. The average Bonchev–Trinajstić information content (AvgIpc) is 2.84. The molecule has 0 saturated heterocycles. The van der Waals surface area contributed by atoms with Crippen LogP contribution in [0.1, 0.15) is 29.7 Å². The molecule has 110 valence electrons. The number of nitrogens with two attached hydrogens (primary N) is 1. The Labute approximate surface area is 123 Å². The van der Waals surface area contributed by atoms with Crippen LogP contribution < -0.4 is 10.6 Å². The van der Waals surface area contributed by atoms with Crippen molar-refractivity contribution in [1.29, 1.82) is 0 Å². The van der Waals surface area contributed by atoms with Gasteiger partial charge in [-0.25, -0.2) is 8.78 Å². The van der Waals surface area contributed by atoms with Crippen molar-refractivity contribution < 1.29 is 8.78 Å². The van der Waals surface area contributed by atoms with E-state index >= 15 is 0 Å². The van der Waals surface area contributed by atoms with Gasteiger partial charge in [-0.15, -0.1) is 0 Å². The Bertz CT molecular complexity index is 695. The summed E-state index contributed by atoms with van der Waals surface area (Å²) in [4.78, 5) is 2.03. The van der Waals surface area contributed by atoms with Crippen molar-refractivity contribution in [3.8, 4) is 0 Å². The highest BCUT2D eigenvalue weighted by Crippen LogP contribution is 2.39. The quantitative estimate of drug-likeness (QED) is 0.905. The number of halogens is 2. The van der Waals surface area contributed by atoms with Gasteiger partial charge in [-0.1, -0.05) is 6.07 Å². The molecule has 0 bridgehead atoms. The lowest BCUT2D eigenvalue weighted by atomic mass is 10.0. The smallest absolute Gasteiger partial charge is 0.126 e. The fourth-order valence-corrected chi connectivity index (χ4v) is 2.88. The van der Waals surface area contributed by atoms with Crippen LogP contribution in [0.3, 0.4) is 0 Å². The summed E-state index contributed by atoms with van der Waals surface area (Å²) < 4.78 is 27.4. The van der Waals surface area contributed by atoms with E-state index in [2.05, 4.69) is 0 Å². The van der Waals surface area contributed by atoms with Crippen LogP contribution >= 0.6 is 0 Å². The minimum Gasteiger partial charge on any atom is -0.341 e. The summed E-state index contributed by atoms with van der Waals surface area (Å²) in [5.41, 5.74) is 10.1. The first-order chi connectivity index (χ1) is 9.97. The van der Waals surface area contributed by atoms with E-state index in [4.69, 9.17) is 5.73 Å². The molecule has 1 aliphatic heterocycles. The average molecular weight is 288 g/mol. The molecule has 0 spiro atoms. The zero-order valence-electron chi connectivity index (χ0n) is 12.2. The molecule has 1 aliphatic rings. The second kappa shape index (κ2) is 5.11. The molecule has 4 heteroatoms. The molecule has 2 aromatic carbocycles. The SMILES string of the molecule is Cc1cc(N2CCc3ccc(F)cc32)c(C(C)N)cc1F. The predicted molar refractivity (Wildman–Crippen MR) is 80.8 cm³/mol. The minimum atomic E-state index is -0.285. The Morgan fingerprint density at radius 2 is 1.90 bits per heavy atom. The third-order valence-electron chi connectivity index (χ3n) is 4.03. The van der Waals surface area contributed by atoms with E-state index in [1.807, 2.05) is 17.9 Å². The Hall–Kier alpha value is -1.94. The lowest BCUT2D eigenvalue weighted by molar-refractivity contribution is 0.613. The summed E-state index contributed by atoms with van der Waals surface area (Å²) in [6.07, 6.45) is 0.852. The monoisotopic (exact) mass is 288 g/mol. The van der Waals surface area contributed by atoms with Gasteiger partial charge in [0.25, 0.3) is 0 Å². The standard InChI is InChI=1S/C17H18F2N2/c1-10-7-17(14(11(2)20)9-15(10)19)21-6-5-12-3-4-13(18)8-16(12)21/h3-4,7-9,11H,5-6,20H2,1-2H3. The largest absolute Gasteiger partial charge is 0.341 e. The minimum absolute atomic E-state index is 0.260. The van der Waals surface area contributed by atoms with Gasteiger partial charge in [0.05, 0.1) is 0 Å². The van der Waals surface area contributed by atoms with E-state index in [0.717, 1.165) is 35.5 Å². The molecule has 0 amide bonds. The van der Waals surface area contributed by atoms with Gasteiger partial charge in [0.1, 0.15) is 11.6 Å². The molecule has 1 atom stereocenters. The van der Waals surface area contributed by atoms with Crippen LogP contribution in [0.4, 0.5) is 20.2 Å². The first kappa shape index (κ1) is 14.0. The van der Waals surface area contributed by atoms with Crippen molar-refractivity contribution in [1.82, 2.24) is 0 Å². The van der Waals surface area contributed by atoms with Crippen LogP contribution in [0.5, 0.6) is 0 Å². The van der Waals surface area contributed by atoms with Crippen LogP contribution in [0, 0.1) is 18.6 Å². The third kappa shape index (κ3) is 2.40. The molecule has 21 heavy (non-hydrogen) atoms. The maximum absolute atomic E-state index is 13.8. The first-order valence-corrected chi connectivity index (χ1v) is 7.09. The van der Waals surface area contributed by atoms with E-state index in [1.54, 1.807) is 13.0 Å². The summed E-state index contributed by atoms with van der Waals surface area (Å²) in [5.74, 6) is -0.522. The fraction of sp³-hybridized carbons (Fsp3) is 0.294. The van der Waals surface area contributed by atoms with E-state index in [9.17, 15) is 8.78 Å². The van der Waals surface area contributed by atoms with Gasteiger partial charge in [0.15, 0.2) is 0 Å². The van der Waals surface area contributed by atoms with Crippen molar-refractivity contribution in [3.05, 3.63) is 58.7 Å². The van der Waals surface area contributed by atoms with Gasteiger partial charge in [0, 0.05) is 24.0 Å². The van der Waals surface area contributed by atoms with E-state index in [-0.39, 0.29) is 17.7 Å². The molecule has 0 aromatic heterocycles. The van der Waals surface area contributed by atoms with Crippen LogP contribution in [-0.4, -0.2) is 6.54 Å². The number of aryl methyl sites for hydroxylation is 1. The lowest BCUT2D eigenvalue weighted by Crippen LogP contribution is -2.19. The van der Waals surface area contributed by atoms with Gasteiger partial charge in [-0.3, -0.25) is 0 Å². The summed E-state index contributed by atoms with van der Waals surface area (Å²) in [6.45, 7) is 4.31. The van der Waals surface area contributed by atoms with E-state index in [1.165, 1.54) is 18.2 Å². The highest BCUT2D eigenvalue weighted by molar-refractivity contribution is 5.73. The maximum atomic E-state index is 13.8. The molecular formula is C17H18F2N2. The normalized spacial score (nSPS) is 15.2. The summed E-state index contributed by atoms with van der Waals surface area (Å²) in [5, 5.41) is 0. The molecular weight excluding hydrogens is 270 g/mol. The summed E-state index contributed by atoms with van der Waals surface area (Å²) in [6, 6.07) is 7.83. The number of fused-ring (bicyclic) bond motifs is 1. The zero-order valence-corrected chi connectivity index (χ0v) is 12.2. The van der Waals surface area contributed by atoms with Crippen LogP contribution in [0.25, 0.3) is 0 Å². The highest BCUT2D eigenvalue weighted by Gasteiger charge is 2.24. The lowest BCUT2D eigenvalue weighted by Gasteiger charge is -2.25. The number of hydrogen-bond acceptors (Lipinski definition) is 2. The number of anilines is 2. The molecule has 2 aromatic rings. The molecule has 2 N–H and O–H groups in total. The topological polar surface area (TPSA) is 29.3 Å². The zero-order chi connectivity index (χ0) is 15.1.